The zero-order valence-corrected chi connectivity index (χ0v) is 18.5. The Kier molecular flexibility index (Phi) is 4.95. The van der Waals surface area contributed by atoms with Gasteiger partial charge in [0.25, 0.3) is 0 Å². The van der Waals surface area contributed by atoms with Gasteiger partial charge in [-0.05, 0) is 67.6 Å². The summed E-state index contributed by atoms with van der Waals surface area (Å²) in [5, 5.41) is 8.06. The van der Waals surface area contributed by atoms with Crippen LogP contribution < -0.4 is 0 Å². The first kappa shape index (κ1) is 20.0. The Hall–Kier alpha value is -2.90. The Morgan fingerprint density at radius 3 is 2.77 bits per heavy atom. The lowest BCUT2D eigenvalue weighted by molar-refractivity contribution is 0.399. The number of H-pyrrole nitrogens is 1. The van der Waals surface area contributed by atoms with E-state index in [2.05, 4.69) is 45.2 Å². The number of hydrogen-bond donors (Lipinski definition) is 1. The van der Waals surface area contributed by atoms with Crippen LogP contribution in [0.4, 0.5) is 0 Å². The van der Waals surface area contributed by atoms with Crippen LogP contribution in [0.1, 0.15) is 18.9 Å². The first-order valence-electron chi connectivity index (χ1n) is 10.6. The van der Waals surface area contributed by atoms with Gasteiger partial charge >= 0.3 is 0 Å². The predicted octanol–water partition coefficient (Wildman–Crippen LogP) is 4.44. The maximum absolute atomic E-state index is 13.2. The SMILES string of the molecule is Cc1cccc(S(=O)(=O)N2C[C@H](Cn3ccc4cc(-c5cn[nH]c5)ccc43)C[C@H]2C)c1. The fraction of sp³-hybridized carbons (Fsp3) is 0.292. The smallest absolute Gasteiger partial charge is 0.243 e. The minimum Gasteiger partial charge on any atom is -0.347 e. The molecule has 0 unspecified atom stereocenters. The van der Waals surface area contributed by atoms with Gasteiger partial charge in [0.2, 0.25) is 10.0 Å². The maximum atomic E-state index is 13.2. The molecule has 2 atom stereocenters. The van der Waals surface area contributed by atoms with Crippen LogP contribution >= 0.6 is 0 Å². The zero-order chi connectivity index (χ0) is 21.6. The Balaban J connectivity index is 1.36. The summed E-state index contributed by atoms with van der Waals surface area (Å²) >= 11 is 0. The minimum atomic E-state index is -3.48. The highest BCUT2D eigenvalue weighted by Crippen LogP contribution is 2.32. The Bertz CT molecular complexity index is 1320. The van der Waals surface area contributed by atoms with E-state index in [0.29, 0.717) is 11.4 Å². The summed E-state index contributed by atoms with van der Waals surface area (Å²) in [6.07, 6.45) is 6.67. The predicted molar refractivity (Wildman–Crippen MR) is 122 cm³/mol. The lowest BCUT2D eigenvalue weighted by atomic mass is 10.1. The van der Waals surface area contributed by atoms with E-state index in [1.165, 1.54) is 10.9 Å². The molecule has 3 heterocycles. The number of aromatic nitrogens is 3. The van der Waals surface area contributed by atoms with Crippen molar-refractivity contribution in [2.75, 3.05) is 6.54 Å². The lowest BCUT2D eigenvalue weighted by Crippen LogP contribution is -2.34. The van der Waals surface area contributed by atoms with Gasteiger partial charge in [0, 0.05) is 48.0 Å². The third kappa shape index (κ3) is 3.68. The molecule has 2 aromatic carbocycles. The van der Waals surface area contributed by atoms with E-state index in [1.54, 1.807) is 16.4 Å². The molecule has 7 heteroatoms. The van der Waals surface area contributed by atoms with Gasteiger partial charge in [-0.25, -0.2) is 8.42 Å². The van der Waals surface area contributed by atoms with Gasteiger partial charge in [0.05, 0.1) is 11.1 Å². The topological polar surface area (TPSA) is 71.0 Å². The first-order chi connectivity index (χ1) is 14.9. The highest BCUT2D eigenvalue weighted by molar-refractivity contribution is 7.89. The molecule has 0 spiro atoms. The van der Waals surface area contributed by atoms with E-state index in [-0.39, 0.29) is 12.0 Å². The summed E-state index contributed by atoms with van der Waals surface area (Å²) in [6, 6.07) is 15.7. The monoisotopic (exact) mass is 434 g/mol. The molecular formula is C24H26N4O2S. The summed E-state index contributed by atoms with van der Waals surface area (Å²) < 4.78 is 30.4. The number of benzene rings is 2. The van der Waals surface area contributed by atoms with E-state index in [0.717, 1.165) is 29.7 Å². The van der Waals surface area contributed by atoms with Crippen molar-refractivity contribution in [1.29, 1.82) is 0 Å². The molecule has 4 aromatic rings. The molecule has 0 saturated carbocycles. The molecule has 1 aliphatic heterocycles. The van der Waals surface area contributed by atoms with E-state index < -0.39 is 10.0 Å². The molecule has 160 valence electrons. The van der Waals surface area contributed by atoms with Gasteiger partial charge in [-0.1, -0.05) is 18.2 Å². The molecule has 6 nitrogen and oxygen atoms in total. The van der Waals surface area contributed by atoms with Gasteiger partial charge < -0.3 is 4.57 Å². The van der Waals surface area contributed by atoms with E-state index >= 15 is 0 Å². The third-order valence-corrected chi connectivity index (χ3v) is 8.23. The number of aryl methyl sites for hydroxylation is 1. The molecule has 1 aliphatic rings. The van der Waals surface area contributed by atoms with Crippen molar-refractivity contribution in [3.63, 3.8) is 0 Å². The number of hydrogen-bond acceptors (Lipinski definition) is 3. The molecule has 0 radical (unpaired) electrons. The number of nitrogens with zero attached hydrogens (tertiary/aromatic N) is 3. The van der Waals surface area contributed by atoms with Crippen LogP contribution in [0.25, 0.3) is 22.0 Å². The van der Waals surface area contributed by atoms with Crippen LogP contribution in [0.15, 0.2) is 72.0 Å². The van der Waals surface area contributed by atoms with Crippen LogP contribution in [0.5, 0.6) is 0 Å². The van der Waals surface area contributed by atoms with Crippen molar-refractivity contribution in [2.24, 2.45) is 5.92 Å². The number of sulfonamides is 1. The Morgan fingerprint density at radius 2 is 2.00 bits per heavy atom. The third-order valence-electron chi connectivity index (χ3n) is 6.26. The summed E-state index contributed by atoms with van der Waals surface area (Å²) in [5.74, 6) is 0.277. The maximum Gasteiger partial charge on any atom is 0.243 e. The molecule has 5 rings (SSSR count). The van der Waals surface area contributed by atoms with Crippen molar-refractivity contribution in [3.8, 4) is 11.1 Å². The fourth-order valence-corrected chi connectivity index (χ4v) is 6.54. The molecule has 31 heavy (non-hydrogen) atoms. The molecule has 0 bridgehead atoms. The second-order valence-corrected chi connectivity index (χ2v) is 10.5. The van der Waals surface area contributed by atoms with Gasteiger partial charge in [-0.3, -0.25) is 5.10 Å². The molecular weight excluding hydrogens is 408 g/mol. The molecule has 2 aromatic heterocycles. The molecule has 0 amide bonds. The summed E-state index contributed by atoms with van der Waals surface area (Å²) in [7, 11) is -3.48. The van der Waals surface area contributed by atoms with Gasteiger partial charge in [-0.15, -0.1) is 0 Å². The van der Waals surface area contributed by atoms with Gasteiger partial charge in [0.1, 0.15) is 0 Å². The number of fused-ring (bicyclic) bond motifs is 1. The van der Waals surface area contributed by atoms with Crippen LogP contribution in [0.3, 0.4) is 0 Å². The molecule has 1 saturated heterocycles. The van der Waals surface area contributed by atoms with Crippen LogP contribution in [-0.2, 0) is 16.6 Å². The average Bonchev–Trinajstić information content (AvgIpc) is 3.49. The first-order valence-corrected chi connectivity index (χ1v) is 12.0. The highest BCUT2D eigenvalue weighted by Gasteiger charge is 2.38. The van der Waals surface area contributed by atoms with Crippen LogP contribution in [0, 0.1) is 12.8 Å². The molecule has 1 N–H and O–H groups in total. The van der Waals surface area contributed by atoms with Crippen LogP contribution in [0.2, 0.25) is 0 Å². The van der Waals surface area contributed by atoms with Crippen molar-refractivity contribution in [2.45, 2.75) is 37.8 Å². The standard InChI is InChI=1S/C24H26N4O2S/c1-17-4-3-5-23(10-17)31(29,30)28-16-19(11-18(28)2)15-27-9-8-21-12-20(6-7-24(21)27)22-13-25-26-14-22/h3-10,12-14,18-19H,11,15-16H2,1-2H3,(H,25,26)/t18-,19+/m1/s1. The summed E-state index contributed by atoms with van der Waals surface area (Å²) in [5.41, 5.74) is 4.32. The minimum absolute atomic E-state index is 0.00923. The van der Waals surface area contributed by atoms with Crippen molar-refractivity contribution < 1.29 is 8.42 Å². The second-order valence-electron chi connectivity index (χ2n) is 8.57. The normalized spacial score (nSPS) is 19.9. The lowest BCUT2D eigenvalue weighted by Gasteiger charge is -2.21. The molecule has 1 fully saturated rings. The van der Waals surface area contributed by atoms with Crippen molar-refractivity contribution in [1.82, 2.24) is 19.1 Å². The van der Waals surface area contributed by atoms with E-state index in [4.69, 9.17) is 0 Å². The quantitative estimate of drug-likeness (QED) is 0.505. The number of aromatic amines is 1. The van der Waals surface area contributed by atoms with Crippen molar-refractivity contribution >= 4 is 20.9 Å². The summed E-state index contributed by atoms with van der Waals surface area (Å²) in [4.78, 5) is 0.387. The number of nitrogens with one attached hydrogen (secondary N) is 1. The van der Waals surface area contributed by atoms with Crippen LogP contribution in [-0.4, -0.2) is 40.1 Å². The number of rotatable bonds is 5. The van der Waals surface area contributed by atoms with E-state index in [1.807, 2.05) is 38.4 Å². The fourth-order valence-electron chi connectivity index (χ4n) is 4.71. The highest BCUT2D eigenvalue weighted by atomic mass is 32.2. The second kappa shape index (κ2) is 7.66. The van der Waals surface area contributed by atoms with E-state index in [9.17, 15) is 8.42 Å². The Labute approximate surface area is 182 Å². The Morgan fingerprint density at radius 1 is 1.13 bits per heavy atom. The molecule has 0 aliphatic carbocycles. The summed E-state index contributed by atoms with van der Waals surface area (Å²) in [6.45, 7) is 5.28. The van der Waals surface area contributed by atoms with Gasteiger partial charge in [-0.2, -0.15) is 9.40 Å². The largest absolute Gasteiger partial charge is 0.347 e. The zero-order valence-electron chi connectivity index (χ0n) is 17.7. The van der Waals surface area contributed by atoms with Gasteiger partial charge in [0.15, 0.2) is 0 Å². The average molecular weight is 435 g/mol. The van der Waals surface area contributed by atoms with Crippen molar-refractivity contribution in [3.05, 3.63) is 72.7 Å².